The van der Waals surface area contributed by atoms with E-state index in [0.717, 1.165) is 40.6 Å². The highest BCUT2D eigenvalue weighted by Crippen LogP contribution is 2.32. The molecule has 3 aromatic heterocycles. The molecule has 1 fully saturated rings. The van der Waals surface area contributed by atoms with E-state index in [1.54, 1.807) is 39.4 Å². The lowest BCUT2D eigenvalue weighted by Crippen LogP contribution is -2.38. The SMILES string of the molecule is Cc1cc2nccn2nc1C1CCN(S(=O)(=O)c2ccc3ncccc3c2)CC1. The Kier molecular flexibility index (Phi) is 4.33. The van der Waals surface area contributed by atoms with Crippen LogP contribution in [0.4, 0.5) is 0 Å². The maximum Gasteiger partial charge on any atom is 0.243 e. The largest absolute Gasteiger partial charge is 0.256 e. The second-order valence-electron chi connectivity index (χ2n) is 7.48. The Labute approximate surface area is 169 Å². The van der Waals surface area contributed by atoms with E-state index in [1.165, 1.54) is 0 Å². The van der Waals surface area contributed by atoms with Crippen molar-refractivity contribution in [2.24, 2.45) is 0 Å². The molecule has 4 aromatic rings. The van der Waals surface area contributed by atoms with E-state index in [1.807, 2.05) is 31.3 Å². The van der Waals surface area contributed by atoms with Crippen molar-refractivity contribution in [3.05, 3.63) is 66.2 Å². The van der Waals surface area contributed by atoms with Gasteiger partial charge in [-0.05, 0) is 55.7 Å². The number of fused-ring (bicyclic) bond motifs is 2. The van der Waals surface area contributed by atoms with Gasteiger partial charge < -0.3 is 0 Å². The smallest absolute Gasteiger partial charge is 0.243 e. The van der Waals surface area contributed by atoms with Gasteiger partial charge in [0.1, 0.15) is 0 Å². The molecule has 5 rings (SSSR count). The third-order valence-corrected chi connectivity index (χ3v) is 7.56. The maximum atomic E-state index is 13.2. The molecule has 1 aliphatic heterocycles. The van der Waals surface area contributed by atoms with Crippen LogP contribution in [0.5, 0.6) is 0 Å². The number of imidazole rings is 1. The molecule has 0 saturated carbocycles. The third kappa shape index (κ3) is 3.18. The fourth-order valence-electron chi connectivity index (χ4n) is 4.10. The van der Waals surface area contributed by atoms with Crippen molar-refractivity contribution in [3.63, 3.8) is 0 Å². The van der Waals surface area contributed by atoms with Crippen molar-refractivity contribution in [1.82, 2.24) is 23.9 Å². The van der Waals surface area contributed by atoms with Gasteiger partial charge in [0.05, 0.1) is 16.1 Å². The zero-order valence-electron chi connectivity index (χ0n) is 16.1. The third-order valence-electron chi connectivity index (χ3n) is 5.67. The van der Waals surface area contributed by atoms with Crippen LogP contribution in [0.3, 0.4) is 0 Å². The highest BCUT2D eigenvalue weighted by molar-refractivity contribution is 7.89. The summed E-state index contributed by atoms with van der Waals surface area (Å²) in [5.41, 5.74) is 3.76. The maximum absolute atomic E-state index is 13.2. The van der Waals surface area contributed by atoms with E-state index in [9.17, 15) is 8.42 Å². The Hall–Kier alpha value is -2.84. The minimum absolute atomic E-state index is 0.244. The lowest BCUT2D eigenvalue weighted by Gasteiger charge is -2.31. The van der Waals surface area contributed by atoms with Crippen LogP contribution in [0.1, 0.15) is 30.0 Å². The average molecular weight is 407 g/mol. The molecule has 0 atom stereocenters. The Morgan fingerprint density at radius 3 is 2.69 bits per heavy atom. The van der Waals surface area contributed by atoms with Gasteiger partial charge >= 0.3 is 0 Å². The van der Waals surface area contributed by atoms with Gasteiger partial charge in [-0.3, -0.25) is 4.98 Å². The summed E-state index contributed by atoms with van der Waals surface area (Å²) in [6.45, 7) is 3.02. The fraction of sp³-hybridized carbons (Fsp3) is 0.286. The lowest BCUT2D eigenvalue weighted by atomic mass is 9.92. The molecule has 0 unspecified atom stereocenters. The van der Waals surface area contributed by atoms with Crippen LogP contribution in [0.25, 0.3) is 16.6 Å². The highest BCUT2D eigenvalue weighted by atomic mass is 32.2. The zero-order chi connectivity index (χ0) is 20.0. The van der Waals surface area contributed by atoms with Crippen LogP contribution in [0.15, 0.2) is 59.9 Å². The van der Waals surface area contributed by atoms with Crippen molar-refractivity contribution in [1.29, 1.82) is 0 Å². The second kappa shape index (κ2) is 6.89. The molecule has 1 aliphatic rings. The van der Waals surface area contributed by atoms with Crippen LogP contribution < -0.4 is 0 Å². The standard InChI is InChI=1S/C21H21N5O2S/c1-15-13-20-23-9-12-26(20)24-21(15)16-6-10-25(11-7-16)29(27,28)18-4-5-19-17(14-18)3-2-8-22-19/h2-5,8-9,12-14,16H,6-7,10-11H2,1H3. The fourth-order valence-corrected chi connectivity index (χ4v) is 5.60. The van der Waals surface area contributed by atoms with Gasteiger partial charge in [-0.15, -0.1) is 0 Å². The van der Waals surface area contributed by atoms with Crippen molar-refractivity contribution in [3.8, 4) is 0 Å². The average Bonchev–Trinajstić information content (AvgIpc) is 3.20. The van der Waals surface area contributed by atoms with Crippen molar-refractivity contribution >= 4 is 26.6 Å². The molecule has 1 saturated heterocycles. The van der Waals surface area contributed by atoms with Gasteiger partial charge in [-0.1, -0.05) is 6.07 Å². The van der Waals surface area contributed by atoms with Crippen molar-refractivity contribution in [2.45, 2.75) is 30.6 Å². The number of sulfonamides is 1. The first-order valence-corrected chi connectivity index (χ1v) is 11.1. The summed E-state index contributed by atoms with van der Waals surface area (Å²) in [6.07, 6.45) is 6.79. The molecule has 29 heavy (non-hydrogen) atoms. The van der Waals surface area contributed by atoms with Gasteiger partial charge in [-0.2, -0.15) is 9.40 Å². The van der Waals surface area contributed by atoms with Crippen LogP contribution >= 0.6 is 0 Å². The molecule has 0 spiro atoms. The first-order chi connectivity index (χ1) is 14.0. The highest BCUT2D eigenvalue weighted by Gasteiger charge is 2.31. The summed E-state index contributed by atoms with van der Waals surface area (Å²) in [5, 5.41) is 5.55. The molecule has 0 amide bonds. The summed E-state index contributed by atoms with van der Waals surface area (Å²) in [5.74, 6) is 0.244. The summed E-state index contributed by atoms with van der Waals surface area (Å²) >= 11 is 0. The van der Waals surface area contributed by atoms with Crippen LogP contribution in [0, 0.1) is 6.92 Å². The molecule has 1 aromatic carbocycles. The van der Waals surface area contributed by atoms with Gasteiger partial charge in [0.15, 0.2) is 5.65 Å². The van der Waals surface area contributed by atoms with Gasteiger partial charge in [0, 0.05) is 43.0 Å². The van der Waals surface area contributed by atoms with Crippen LogP contribution in [0.2, 0.25) is 0 Å². The Morgan fingerprint density at radius 2 is 1.86 bits per heavy atom. The van der Waals surface area contributed by atoms with Gasteiger partial charge in [-0.25, -0.2) is 17.9 Å². The van der Waals surface area contributed by atoms with E-state index in [2.05, 4.69) is 9.97 Å². The zero-order valence-corrected chi connectivity index (χ0v) is 16.9. The molecule has 0 radical (unpaired) electrons. The number of aromatic nitrogens is 4. The number of hydrogen-bond acceptors (Lipinski definition) is 5. The Bertz CT molecular complexity index is 1310. The summed E-state index contributed by atoms with van der Waals surface area (Å²) in [6, 6.07) is 10.9. The summed E-state index contributed by atoms with van der Waals surface area (Å²) in [4.78, 5) is 8.86. The molecular formula is C21H21N5O2S. The van der Waals surface area contributed by atoms with E-state index in [-0.39, 0.29) is 5.92 Å². The summed E-state index contributed by atoms with van der Waals surface area (Å²) in [7, 11) is -3.53. The molecule has 8 heteroatoms. The first kappa shape index (κ1) is 18.2. The minimum atomic E-state index is -3.53. The lowest BCUT2D eigenvalue weighted by molar-refractivity contribution is 0.315. The molecular weight excluding hydrogens is 386 g/mol. The Morgan fingerprint density at radius 1 is 1.03 bits per heavy atom. The van der Waals surface area contributed by atoms with E-state index in [4.69, 9.17) is 5.10 Å². The van der Waals surface area contributed by atoms with Crippen LogP contribution in [-0.4, -0.2) is 45.4 Å². The Balaban J connectivity index is 1.37. The topological polar surface area (TPSA) is 80.5 Å². The monoisotopic (exact) mass is 407 g/mol. The first-order valence-electron chi connectivity index (χ1n) is 9.68. The van der Waals surface area contributed by atoms with Crippen molar-refractivity contribution in [2.75, 3.05) is 13.1 Å². The molecule has 148 valence electrons. The van der Waals surface area contributed by atoms with Crippen molar-refractivity contribution < 1.29 is 8.42 Å². The number of benzene rings is 1. The molecule has 0 aliphatic carbocycles. The number of rotatable bonds is 3. The quantitative estimate of drug-likeness (QED) is 0.521. The van der Waals surface area contributed by atoms with Gasteiger partial charge in [0.25, 0.3) is 0 Å². The number of hydrogen-bond donors (Lipinski definition) is 0. The molecule has 0 bridgehead atoms. The normalized spacial score (nSPS) is 16.6. The van der Waals surface area contributed by atoms with Gasteiger partial charge in [0.2, 0.25) is 10.0 Å². The molecule has 4 heterocycles. The molecule has 7 nitrogen and oxygen atoms in total. The number of nitrogens with zero attached hydrogens (tertiary/aromatic N) is 5. The van der Waals surface area contributed by atoms with Crippen LogP contribution in [-0.2, 0) is 10.0 Å². The number of aryl methyl sites for hydroxylation is 1. The van der Waals surface area contributed by atoms with E-state index in [0.29, 0.717) is 18.0 Å². The van der Waals surface area contributed by atoms with E-state index >= 15 is 0 Å². The predicted molar refractivity (Wildman–Crippen MR) is 110 cm³/mol. The number of pyridine rings is 1. The van der Waals surface area contributed by atoms with E-state index < -0.39 is 10.0 Å². The predicted octanol–water partition coefficient (Wildman–Crippen LogP) is 3.15. The second-order valence-corrected chi connectivity index (χ2v) is 9.42. The summed E-state index contributed by atoms with van der Waals surface area (Å²) < 4.78 is 29.7. The number of piperidine rings is 1. The minimum Gasteiger partial charge on any atom is -0.256 e. The molecule has 0 N–H and O–H groups in total.